The summed E-state index contributed by atoms with van der Waals surface area (Å²) in [6, 6.07) is 6.14. The molecule has 0 bridgehead atoms. The average molecular weight is 225 g/mol. The Bertz CT molecular complexity index is 332. The van der Waals surface area contributed by atoms with Gasteiger partial charge in [0.2, 0.25) is 0 Å². The van der Waals surface area contributed by atoms with Gasteiger partial charge in [-0.25, -0.2) is 0 Å². The topological polar surface area (TPSA) is 29.3 Å². The Morgan fingerprint density at radius 2 is 1.93 bits per heavy atom. The van der Waals surface area contributed by atoms with Gasteiger partial charge in [-0.1, -0.05) is 17.7 Å². The Morgan fingerprint density at radius 3 is 2.53 bits per heavy atom. The molecule has 0 unspecified atom stereocenters. The first kappa shape index (κ1) is 10.8. The molecule has 0 aromatic heterocycles. The molecular weight excluding hydrogens is 208 g/mol. The number of rotatable bonds is 2. The molecule has 0 atom stereocenters. The van der Waals surface area contributed by atoms with Crippen molar-refractivity contribution in [3.05, 3.63) is 28.8 Å². The SMILES string of the molecule is NCc1ccc(N2CCCCC2)c(Cl)c1. The van der Waals surface area contributed by atoms with Crippen molar-refractivity contribution in [3.63, 3.8) is 0 Å². The highest BCUT2D eigenvalue weighted by atomic mass is 35.5. The third-order valence-electron chi connectivity index (χ3n) is 2.94. The van der Waals surface area contributed by atoms with Gasteiger partial charge in [0.25, 0.3) is 0 Å². The second-order valence-electron chi connectivity index (χ2n) is 4.04. The second-order valence-corrected chi connectivity index (χ2v) is 4.44. The molecule has 3 heteroatoms. The van der Waals surface area contributed by atoms with Gasteiger partial charge in [-0.15, -0.1) is 0 Å². The molecule has 1 aliphatic rings. The molecule has 1 saturated heterocycles. The van der Waals surface area contributed by atoms with Crippen LogP contribution in [-0.2, 0) is 6.54 Å². The summed E-state index contributed by atoms with van der Waals surface area (Å²) in [6.45, 7) is 2.81. The normalized spacial score (nSPS) is 16.8. The zero-order chi connectivity index (χ0) is 10.7. The molecule has 0 radical (unpaired) electrons. The molecule has 2 rings (SSSR count). The van der Waals surface area contributed by atoms with Crippen LogP contribution in [0.5, 0.6) is 0 Å². The maximum absolute atomic E-state index is 6.24. The monoisotopic (exact) mass is 224 g/mol. The van der Waals surface area contributed by atoms with Crippen LogP contribution in [0, 0.1) is 0 Å². The number of hydrogen-bond donors (Lipinski definition) is 1. The molecule has 2 N–H and O–H groups in total. The molecule has 1 aromatic carbocycles. The molecule has 0 saturated carbocycles. The van der Waals surface area contributed by atoms with Crippen LogP contribution in [0.25, 0.3) is 0 Å². The first-order valence-corrected chi connectivity index (χ1v) is 5.92. The predicted molar refractivity (Wildman–Crippen MR) is 65.4 cm³/mol. The highest BCUT2D eigenvalue weighted by Gasteiger charge is 2.13. The van der Waals surface area contributed by atoms with Crippen LogP contribution in [0.1, 0.15) is 24.8 Å². The summed E-state index contributed by atoms with van der Waals surface area (Å²) >= 11 is 6.24. The van der Waals surface area contributed by atoms with Gasteiger partial charge in [-0.2, -0.15) is 0 Å². The van der Waals surface area contributed by atoms with E-state index in [4.69, 9.17) is 17.3 Å². The number of hydrogen-bond acceptors (Lipinski definition) is 2. The summed E-state index contributed by atoms with van der Waals surface area (Å²) in [5.74, 6) is 0. The van der Waals surface area contributed by atoms with Crippen LogP contribution in [0.2, 0.25) is 5.02 Å². The summed E-state index contributed by atoms with van der Waals surface area (Å²) in [5.41, 5.74) is 7.83. The molecule has 1 heterocycles. The number of nitrogens with two attached hydrogens (primary N) is 1. The average Bonchev–Trinajstić information content (AvgIpc) is 2.30. The molecule has 15 heavy (non-hydrogen) atoms. The highest BCUT2D eigenvalue weighted by Crippen LogP contribution is 2.28. The molecule has 1 aliphatic heterocycles. The van der Waals surface area contributed by atoms with Crippen LogP contribution >= 0.6 is 11.6 Å². The van der Waals surface area contributed by atoms with Crippen molar-refractivity contribution >= 4 is 17.3 Å². The van der Waals surface area contributed by atoms with Crippen LogP contribution in [0.15, 0.2) is 18.2 Å². The minimum atomic E-state index is 0.556. The zero-order valence-electron chi connectivity index (χ0n) is 8.88. The number of halogens is 1. The summed E-state index contributed by atoms with van der Waals surface area (Å²) in [6.07, 6.45) is 3.89. The lowest BCUT2D eigenvalue weighted by molar-refractivity contribution is 0.578. The highest BCUT2D eigenvalue weighted by molar-refractivity contribution is 6.33. The standard InChI is InChI=1S/C12H17ClN2/c13-11-8-10(9-14)4-5-12(11)15-6-2-1-3-7-15/h4-5,8H,1-3,6-7,9,14H2. The number of anilines is 1. The molecule has 2 nitrogen and oxygen atoms in total. The number of benzene rings is 1. The third kappa shape index (κ3) is 2.44. The minimum absolute atomic E-state index is 0.556. The van der Waals surface area contributed by atoms with Crippen molar-refractivity contribution in [3.8, 4) is 0 Å². The van der Waals surface area contributed by atoms with Gasteiger partial charge in [0, 0.05) is 19.6 Å². The lowest BCUT2D eigenvalue weighted by Crippen LogP contribution is -2.29. The van der Waals surface area contributed by atoms with Crippen molar-refractivity contribution in [2.75, 3.05) is 18.0 Å². The van der Waals surface area contributed by atoms with E-state index < -0.39 is 0 Å². The fraction of sp³-hybridized carbons (Fsp3) is 0.500. The summed E-state index contributed by atoms with van der Waals surface area (Å²) < 4.78 is 0. The zero-order valence-corrected chi connectivity index (χ0v) is 9.63. The fourth-order valence-electron chi connectivity index (χ4n) is 2.07. The Labute approximate surface area is 96.0 Å². The van der Waals surface area contributed by atoms with Gasteiger partial charge in [-0.3, -0.25) is 0 Å². The van der Waals surface area contributed by atoms with E-state index >= 15 is 0 Å². The van der Waals surface area contributed by atoms with E-state index in [1.54, 1.807) is 0 Å². The summed E-state index contributed by atoms with van der Waals surface area (Å²) in [5, 5.41) is 0.833. The van der Waals surface area contributed by atoms with E-state index in [2.05, 4.69) is 17.0 Å². The molecule has 0 amide bonds. The maximum atomic E-state index is 6.24. The summed E-state index contributed by atoms with van der Waals surface area (Å²) in [4.78, 5) is 2.37. The maximum Gasteiger partial charge on any atom is 0.0642 e. The predicted octanol–water partition coefficient (Wildman–Crippen LogP) is 2.79. The van der Waals surface area contributed by atoms with Crippen LogP contribution in [-0.4, -0.2) is 13.1 Å². The van der Waals surface area contributed by atoms with Crippen molar-refractivity contribution < 1.29 is 0 Å². The molecular formula is C12H17ClN2. The summed E-state index contributed by atoms with van der Waals surface area (Å²) in [7, 11) is 0. The third-order valence-corrected chi connectivity index (χ3v) is 3.25. The van der Waals surface area contributed by atoms with E-state index in [9.17, 15) is 0 Å². The second kappa shape index (κ2) is 4.86. The van der Waals surface area contributed by atoms with E-state index in [-0.39, 0.29) is 0 Å². The van der Waals surface area contributed by atoms with Gasteiger partial charge in [-0.05, 0) is 37.0 Å². The van der Waals surface area contributed by atoms with Crippen LogP contribution in [0.4, 0.5) is 5.69 Å². The number of piperidine rings is 1. The Balaban J connectivity index is 2.19. The lowest BCUT2D eigenvalue weighted by Gasteiger charge is -2.29. The Kier molecular flexibility index (Phi) is 3.49. The first-order valence-electron chi connectivity index (χ1n) is 5.54. The van der Waals surface area contributed by atoms with E-state index in [1.165, 1.54) is 19.3 Å². The minimum Gasteiger partial charge on any atom is -0.370 e. The van der Waals surface area contributed by atoms with Crippen molar-refractivity contribution in [1.29, 1.82) is 0 Å². The van der Waals surface area contributed by atoms with Gasteiger partial charge < -0.3 is 10.6 Å². The Hall–Kier alpha value is -0.730. The van der Waals surface area contributed by atoms with E-state index in [0.717, 1.165) is 29.4 Å². The number of nitrogens with zero attached hydrogens (tertiary/aromatic N) is 1. The first-order chi connectivity index (χ1) is 7.31. The van der Waals surface area contributed by atoms with Crippen LogP contribution < -0.4 is 10.6 Å². The Morgan fingerprint density at radius 1 is 1.20 bits per heavy atom. The quantitative estimate of drug-likeness (QED) is 0.837. The van der Waals surface area contributed by atoms with E-state index in [1.807, 2.05) is 6.07 Å². The largest absolute Gasteiger partial charge is 0.370 e. The van der Waals surface area contributed by atoms with Gasteiger partial charge in [0.1, 0.15) is 0 Å². The molecule has 82 valence electrons. The lowest BCUT2D eigenvalue weighted by atomic mass is 10.1. The van der Waals surface area contributed by atoms with Crippen molar-refractivity contribution in [2.45, 2.75) is 25.8 Å². The van der Waals surface area contributed by atoms with Gasteiger partial charge in [0.05, 0.1) is 10.7 Å². The van der Waals surface area contributed by atoms with Gasteiger partial charge >= 0.3 is 0 Å². The molecule has 1 aromatic rings. The van der Waals surface area contributed by atoms with Gasteiger partial charge in [0.15, 0.2) is 0 Å². The smallest absolute Gasteiger partial charge is 0.0642 e. The molecule has 0 aliphatic carbocycles. The van der Waals surface area contributed by atoms with E-state index in [0.29, 0.717) is 6.54 Å². The molecule has 0 spiro atoms. The molecule has 1 fully saturated rings. The fourth-order valence-corrected chi connectivity index (χ4v) is 2.39. The van der Waals surface area contributed by atoms with Crippen molar-refractivity contribution in [2.24, 2.45) is 5.73 Å². The van der Waals surface area contributed by atoms with Crippen LogP contribution in [0.3, 0.4) is 0 Å². The van der Waals surface area contributed by atoms with Crippen molar-refractivity contribution in [1.82, 2.24) is 0 Å².